The van der Waals surface area contributed by atoms with Crippen molar-refractivity contribution in [3.8, 4) is 0 Å². The van der Waals surface area contributed by atoms with Gasteiger partial charge in [-0.05, 0) is 56.9 Å². The smallest absolute Gasteiger partial charge is 0.0675 e. The third-order valence-corrected chi connectivity index (χ3v) is 5.78. The lowest BCUT2D eigenvalue weighted by atomic mass is 9.64. The van der Waals surface area contributed by atoms with Crippen LogP contribution in [0.5, 0.6) is 0 Å². The van der Waals surface area contributed by atoms with E-state index in [1.165, 1.54) is 70.9 Å². The maximum atomic E-state index is 6.24. The van der Waals surface area contributed by atoms with Crippen LogP contribution in [0.3, 0.4) is 0 Å². The summed E-state index contributed by atoms with van der Waals surface area (Å²) in [5, 5.41) is 3.75. The Bertz CT molecular complexity index is 283. The molecule has 2 saturated carbocycles. The number of hydrogen-bond donors (Lipinski definition) is 1. The van der Waals surface area contributed by atoms with Crippen LogP contribution in [0.25, 0.3) is 0 Å². The fourth-order valence-electron chi connectivity index (χ4n) is 4.63. The van der Waals surface area contributed by atoms with E-state index in [4.69, 9.17) is 4.74 Å². The first-order valence-electron chi connectivity index (χ1n) is 8.69. The van der Waals surface area contributed by atoms with Crippen LogP contribution in [0.15, 0.2) is 0 Å². The highest BCUT2D eigenvalue weighted by atomic mass is 16.5. The number of rotatable bonds is 6. The fraction of sp³-hybridized carbons (Fsp3) is 1.00. The molecule has 2 unspecified atom stereocenters. The van der Waals surface area contributed by atoms with Gasteiger partial charge in [-0.15, -0.1) is 0 Å². The van der Waals surface area contributed by atoms with Crippen LogP contribution in [-0.4, -0.2) is 25.8 Å². The molecule has 110 valence electrons. The van der Waals surface area contributed by atoms with E-state index in [9.17, 15) is 0 Å². The minimum absolute atomic E-state index is 0.483. The standard InChI is InChI=1S/C17H31NO/c1-2-11-18-13-17(15-6-4-3-5-7-15)10-12-19-16(17)14-8-9-14/h14-16,18H,2-13H2,1H3. The van der Waals surface area contributed by atoms with Gasteiger partial charge >= 0.3 is 0 Å². The van der Waals surface area contributed by atoms with Gasteiger partial charge in [-0.2, -0.15) is 0 Å². The summed E-state index contributed by atoms with van der Waals surface area (Å²) in [4.78, 5) is 0. The quantitative estimate of drug-likeness (QED) is 0.739. The minimum Gasteiger partial charge on any atom is -0.377 e. The molecule has 2 aliphatic carbocycles. The molecule has 2 nitrogen and oxygen atoms in total. The number of hydrogen-bond acceptors (Lipinski definition) is 2. The molecular formula is C17H31NO. The van der Waals surface area contributed by atoms with E-state index < -0.39 is 0 Å². The molecule has 0 aromatic carbocycles. The van der Waals surface area contributed by atoms with Gasteiger partial charge in [-0.25, -0.2) is 0 Å². The molecule has 3 rings (SSSR count). The highest BCUT2D eigenvalue weighted by Crippen LogP contribution is 2.54. The van der Waals surface area contributed by atoms with Crippen molar-refractivity contribution < 1.29 is 4.74 Å². The van der Waals surface area contributed by atoms with E-state index in [0.29, 0.717) is 11.5 Å². The molecular weight excluding hydrogens is 234 g/mol. The van der Waals surface area contributed by atoms with E-state index in [0.717, 1.165) is 18.4 Å². The second-order valence-corrected chi connectivity index (χ2v) is 7.12. The van der Waals surface area contributed by atoms with Gasteiger partial charge < -0.3 is 10.1 Å². The van der Waals surface area contributed by atoms with Crippen LogP contribution in [0.1, 0.15) is 64.7 Å². The predicted molar refractivity (Wildman–Crippen MR) is 79.2 cm³/mol. The molecule has 0 aromatic rings. The SMILES string of the molecule is CCCNCC1(C2CCCCC2)CCOC1C1CC1. The van der Waals surface area contributed by atoms with Crippen LogP contribution >= 0.6 is 0 Å². The molecule has 3 fully saturated rings. The van der Waals surface area contributed by atoms with Crippen LogP contribution < -0.4 is 5.32 Å². The molecule has 1 heterocycles. The van der Waals surface area contributed by atoms with Crippen LogP contribution in [0.4, 0.5) is 0 Å². The van der Waals surface area contributed by atoms with Crippen LogP contribution in [0, 0.1) is 17.3 Å². The fourth-order valence-corrected chi connectivity index (χ4v) is 4.63. The Labute approximate surface area is 118 Å². The Hall–Kier alpha value is -0.0800. The van der Waals surface area contributed by atoms with Gasteiger partial charge in [-0.3, -0.25) is 0 Å². The average Bonchev–Trinajstić information content (AvgIpc) is 3.21. The highest BCUT2D eigenvalue weighted by molar-refractivity contribution is 5.04. The van der Waals surface area contributed by atoms with E-state index in [1.54, 1.807) is 0 Å². The lowest BCUT2D eigenvalue weighted by Crippen LogP contribution is -2.48. The Morgan fingerprint density at radius 2 is 1.89 bits per heavy atom. The molecule has 0 spiro atoms. The Morgan fingerprint density at radius 1 is 1.11 bits per heavy atom. The molecule has 0 amide bonds. The lowest BCUT2D eigenvalue weighted by molar-refractivity contribution is -0.0111. The van der Waals surface area contributed by atoms with E-state index in [1.807, 2.05) is 0 Å². The highest BCUT2D eigenvalue weighted by Gasteiger charge is 2.54. The predicted octanol–water partition coefficient (Wildman–Crippen LogP) is 3.75. The van der Waals surface area contributed by atoms with Gasteiger partial charge in [0.15, 0.2) is 0 Å². The molecule has 0 radical (unpaired) electrons. The second kappa shape index (κ2) is 6.13. The van der Waals surface area contributed by atoms with Gasteiger partial charge in [0.25, 0.3) is 0 Å². The van der Waals surface area contributed by atoms with Gasteiger partial charge in [0, 0.05) is 18.6 Å². The lowest BCUT2D eigenvalue weighted by Gasteiger charge is -2.43. The number of ether oxygens (including phenoxy) is 1. The van der Waals surface area contributed by atoms with Crippen molar-refractivity contribution in [2.24, 2.45) is 17.3 Å². The summed E-state index contributed by atoms with van der Waals surface area (Å²) < 4.78 is 6.24. The Kier molecular flexibility index (Phi) is 4.48. The van der Waals surface area contributed by atoms with Gasteiger partial charge in [-0.1, -0.05) is 26.2 Å². The first-order chi connectivity index (χ1) is 9.37. The molecule has 2 heteroatoms. The van der Waals surface area contributed by atoms with Crippen molar-refractivity contribution in [1.29, 1.82) is 0 Å². The minimum atomic E-state index is 0.483. The monoisotopic (exact) mass is 265 g/mol. The summed E-state index contributed by atoms with van der Waals surface area (Å²) in [5.74, 6) is 1.83. The number of nitrogens with one attached hydrogen (secondary N) is 1. The average molecular weight is 265 g/mol. The second-order valence-electron chi connectivity index (χ2n) is 7.12. The molecule has 1 aliphatic heterocycles. The zero-order valence-electron chi connectivity index (χ0n) is 12.6. The Balaban J connectivity index is 1.72. The summed E-state index contributed by atoms with van der Waals surface area (Å²) in [7, 11) is 0. The largest absolute Gasteiger partial charge is 0.377 e. The summed E-state index contributed by atoms with van der Waals surface area (Å²) in [5.41, 5.74) is 0.483. The maximum Gasteiger partial charge on any atom is 0.0675 e. The van der Waals surface area contributed by atoms with E-state index in [-0.39, 0.29) is 0 Å². The molecule has 19 heavy (non-hydrogen) atoms. The first-order valence-corrected chi connectivity index (χ1v) is 8.69. The summed E-state index contributed by atoms with van der Waals surface area (Å²) in [6, 6.07) is 0. The van der Waals surface area contributed by atoms with E-state index >= 15 is 0 Å². The zero-order chi connectivity index (χ0) is 13.1. The van der Waals surface area contributed by atoms with Crippen molar-refractivity contribution in [2.45, 2.75) is 70.8 Å². The summed E-state index contributed by atoms with van der Waals surface area (Å²) in [6.45, 7) is 5.67. The van der Waals surface area contributed by atoms with Gasteiger partial charge in [0.05, 0.1) is 6.10 Å². The summed E-state index contributed by atoms with van der Waals surface area (Å²) in [6.07, 6.45) is 13.3. The zero-order valence-corrected chi connectivity index (χ0v) is 12.6. The molecule has 1 N–H and O–H groups in total. The van der Waals surface area contributed by atoms with Crippen LogP contribution in [0.2, 0.25) is 0 Å². The normalized spacial score (nSPS) is 36.8. The molecule has 3 aliphatic rings. The molecule has 0 aromatic heterocycles. The topological polar surface area (TPSA) is 21.3 Å². The maximum absolute atomic E-state index is 6.24. The van der Waals surface area contributed by atoms with Crippen LogP contribution in [-0.2, 0) is 4.74 Å². The molecule has 1 saturated heterocycles. The third-order valence-electron chi connectivity index (χ3n) is 5.78. The van der Waals surface area contributed by atoms with Crippen molar-refractivity contribution in [2.75, 3.05) is 19.7 Å². The van der Waals surface area contributed by atoms with Crippen molar-refractivity contribution in [3.63, 3.8) is 0 Å². The van der Waals surface area contributed by atoms with Gasteiger partial charge in [0.2, 0.25) is 0 Å². The van der Waals surface area contributed by atoms with E-state index in [2.05, 4.69) is 12.2 Å². The Morgan fingerprint density at radius 3 is 2.58 bits per heavy atom. The third kappa shape index (κ3) is 2.85. The molecule has 0 bridgehead atoms. The summed E-state index contributed by atoms with van der Waals surface area (Å²) >= 11 is 0. The van der Waals surface area contributed by atoms with Crippen molar-refractivity contribution in [3.05, 3.63) is 0 Å². The first kappa shape index (κ1) is 13.9. The van der Waals surface area contributed by atoms with Crippen molar-refractivity contribution >= 4 is 0 Å². The molecule has 2 atom stereocenters. The van der Waals surface area contributed by atoms with Crippen molar-refractivity contribution in [1.82, 2.24) is 5.32 Å². The van der Waals surface area contributed by atoms with Gasteiger partial charge in [0.1, 0.15) is 0 Å².